The van der Waals surface area contributed by atoms with Gasteiger partial charge in [0.25, 0.3) is 0 Å². The number of urea groups is 1. The fourth-order valence-corrected chi connectivity index (χ4v) is 3.23. The minimum atomic E-state index is -0.939. The van der Waals surface area contributed by atoms with Gasteiger partial charge in [0.2, 0.25) is 5.91 Å². The zero-order valence-corrected chi connectivity index (χ0v) is 15.8. The minimum absolute atomic E-state index is 0.0994. The summed E-state index contributed by atoms with van der Waals surface area (Å²) >= 11 is 0. The Morgan fingerprint density at radius 1 is 1.30 bits per heavy atom. The molecule has 0 bridgehead atoms. The van der Waals surface area contributed by atoms with E-state index in [0.717, 1.165) is 5.56 Å². The minimum Gasteiger partial charge on any atom is -0.481 e. The van der Waals surface area contributed by atoms with Gasteiger partial charge in [0.05, 0.1) is 12.5 Å². The van der Waals surface area contributed by atoms with Gasteiger partial charge in [-0.05, 0) is 12.0 Å². The van der Waals surface area contributed by atoms with Crippen molar-refractivity contribution in [3.8, 4) is 0 Å². The summed E-state index contributed by atoms with van der Waals surface area (Å²) in [7, 11) is 3.25. The predicted molar refractivity (Wildman–Crippen MR) is 99.1 cm³/mol. The Bertz CT molecular complexity index is 652. The molecule has 2 unspecified atom stereocenters. The lowest BCUT2D eigenvalue weighted by Crippen LogP contribution is -2.41. The summed E-state index contributed by atoms with van der Waals surface area (Å²) in [6.45, 7) is 1.06. The average Bonchev–Trinajstić information content (AvgIpc) is 3.04. The molecule has 2 atom stereocenters. The third-order valence-electron chi connectivity index (χ3n) is 4.66. The number of nitrogens with zero attached hydrogens (tertiary/aromatic N) is 2. The van der Waals surface area contributed by atoms with E-state index in [1.165, 1.54) is 0 Å². The summed E-state index contributed by atoms with van der Waals surface area (Å²) in [4.78, 5) is 38.7. The molecule has 0 radical (unpaired) electrons. The zero-order valence-electron chi connectivity index (χ0n) is 15.8. The van der Waals surface area contributed by atoms with Gasteiger partial charge in [0.1, 0.15) is 0 Å². The van der Waals surface area contributed by atoms with E-state index in [4.69, 9.17) is 9.84 Å². The van der Waals surface area contributed by atoms with E-state index in [-0.39, 0.29) is 43.5 Å². The lowest BCUT2D eigenvalue weighted by atomic mass is 10.1. The Morgan fingerprint density at radius 3 is 2.63 bits per heavy atom. The third-order valence-corrected chi connectivity index (χ3v) is 4.66. The molecular weight excluding hydrogens is 350 g/mol. The SMILES string of the molecule is COC1CC(CC(=O)O)N(C(=O)CCNC(=O)N(C)Cc2ccccc2)C1. The number of ether oxygens (including phenoxy) is 1. The fraction of sp³-hybridized carbons (Fsp3) is 0.526. The van der Waals surface area contributed by atoms with Crippen molar-refractivity contribution in [3.05, 3.63) is 35.9 Å². The molecule has 1 aromatic rings. The highest BCUT2D eigenvalue weighted by Crippen LogP contribution is 2.23. The summed E-state index contributed by atoms with van der Waals surface area (Å²) in [5, 5.41) is 11.8. The molecule has 1 aromatic carbocycles. The normalized spacial score (nSPS) is 19.0. The van der Waals surface area contributed by atoms with Gasteiger partial charge >= 0.3 is 12.0 Å². The number of carbonyl (C=O) groups excluding carboxylic acids is 2. The fourth-order valence-electron chi connectivity index (χ4n) is 3.23. The number of amides is 3. The van der Waals surface area contributed by atoms with Crippen LogP contribution >= 0.6 is 0 Å². The molecule has 0 aromatic heterocycles. The standard InChI is InChI=1S/C19H27N3O5/c1-21(12-14-6-4-3-5-7-14)19(26)20-9-8-17(23)22-13-16(27-2)10-15(22)11-18(24)25/h3-7,15-16H,8-13H2,1-2H3,(H,20,26)(H,24,25). The number of nitrogens with one attached hydrogen (secondary N) is 1. The van der Waals surface area contributed by atoms with Crippen LogP contribution in [0.25, 0.3) is 0 Å². The Morgan fingerprint density at radius 2 is 2.00 bits per heavy atom. The van der Waals surface area contributed by atoms with Crippen molar-refractivity contribution in [1.82, 2.24) is 15.1 Å². The number of aliphatic carboxylic acids is 1. The summed E-state index contributed by atoms with van der Waals surface area (Å²) in [6, 6.07) is 9.00. The quantitative estimate of drug-likeness (QED) is 0.712. The molecule has 1 heterocycles. The molecule has 1 aliphatic rings. The van der Waals surface area contributed by atoms with E-state index in [2.05, 4.69) is 5.32 Å². The molecule has 3 amide bonds. The summed E-state index contributed by atoms with van der Waals surface area (Å²) in [5.74, 6) is -1.11. The van der Waals surface area contributed by atoms with Crippen molar-refractivity contribution < 1.29 is 24.2 Å². The van der Waals surface area contributed by atoms with E-state index in [1.807, 2.05) is 30.3 Å². The number of likely N-dealkylation sites (tertiary alicyclic amines) is 1. The molecule has 1 aliphatic heterocycles. The molecular formula is C19H27N3O5. The van der Waals surface area contributed by atoms with Gasteiger partial charge in [-0.25, -0.2) is 4.79 Å². The van der Waals surface area contributed by atoms with Crippen LogP contribution in [0.5, 0.6) is 0 Å². The van der Waals surface area contributed by atoms with Crippen LogP contribution in [0.3, 0.4) is 0 Å². The Kier molecular flexibility index (Phi) is 7.60. The first-order valence-corrected chi connectivity index (χ1v) is 8.97. The van der Waals surface area contributed by atoms with E-state index < -0.39 is 5.97 Å². The maximum Gasteiger partial charge on any atom is 0.317 e. The Labute approximate surface area is 159 Å². The number of methoxy groups -OCH3 is 1. The van der Waals surface area contributed by atoms with Crippen LogP contribution in [0.15, 0.2) is 30.3 Å². The highest BCUT2D eigenvalue weighted by molar-refractivity contribution is 5.79. The van der Waals surface area contributed by atoms with Crippen LogP contribution in [0.2, 0.25) is 0 Å². The van der Waals surface area contributed by atoms with E-state index in [1.54, 1.807) is 24.0 Å². The largest absolute Gasteiger partial charge is 0.481 e. The number of hydrogen-bond acceptors (Lipinski definition) is 4. The van der Waals surface area contributed by atoms with E-state index in [0.29, 0.717) is 19.5 Å². The number of carbonyl (C=O) groups is 3. The second kappa shape index (κ2) is 9.91. The predicted octanol–water partition coefficient (Wildman–Crippen LogP) is 1.31. The van der Waals surface area contributed by atoms with Crippen molar-refractivity contribution in [2.24, 2.45) is 0 Å². The van der Waals surface area contributed by atoms with Crippen LogP contribution in [0.1, 0.15) is 24.8 Å². The maximum atomic E-state index is 12.5. The molecule has 0 aliphatic carbocycles. The Balaban J connectivity index is 1.78. The van der Waals surface area contributed by atoms with Crippen molar-refractivity contribution in [1.29, 1.82) is 0 Å². The van der Waals surface area contributed by atoms with Gasteiger partial charge in [-0.2, -0.15) is 0 Å². The number of hydrogen-bond donors (Lipinski definition) is 2. The van der Waals surface area contributed by atoms with Crippen molar-refractivity contribution in [2.45, 2.75) is 38.0 Å². The lowest BCUT2D eigenvalue weighted by molar-refractivity contribution is -0.139. The third kappa shape index (κ3) is 6.25. The average molecular weight is 377 g/mol. The smallest absolute Gasteiger partial charge is 0.317 e. The van der Waals surface area contributed by atoms with Crippen molar-refractivity contribution >= 4 is 17.9 Å². The van der Waals surface area contributed by atoms with Gasteiger partial charge in [-0.15, -0.1) is 0 Å². The van der Waals surface area contributed by atoms with Gasteiger partial charge in [-0.3, -0.25) is 9.59 Å². The highest BCUT2D eigenvalue weighted by atomic mass is 16.5. The number of carboxylic acid groups (broad SMARTS) is 1. The van der Waals surface area contributed by atoms with Crippen molar-refractivity contribution in [2.75, 3.05) is 27.2 Å². The first-order chi connectivity index (χ1) is 12.9. The molecule has 27 heavy (non-hydrogen) atoms. The zero-order chi connectivity index (χ0) is 19.8. The van der Waals surface area contributed by atoms with Gasteiger partial charge in [0, 0.05) is 46.3 Å². The second-order valence-corrected chi connectivity index (χ2v) is 6.71. The Hall–Kier alpha value is -2.61. The molecule has 148 valence electrons. The molecule has 0 saturated carbocycles. The molecule has 1 saturated heterocycles. The monoisotopic (exact) mass is 377 g/mol. The highest BCUT2D eigenvalue weighted by Gasteiger charge is 2.36. The second-order valence-electron chi connectivity index (χ2n) is 6.71. The first-order valence-electron chi connectivity index (χ1n) is 8.97. The molecule has 8 nitrogen and oxygen atoms in total. The first kappa shape index (κ1) is 20.7. The molecule has 0 spiro atoms. The van der Waals surface area contributed by atoms with E-state index >= 15 is 0 Å². The number of benzene rings is 1. The van der Waals surface area contributed by atoms with E-state index in [9.17, 15) is 14.4 Å². The molecule has 2 rings (SSSR count). The number of carboxylic acids is 1. The van der Waals surface area contributed by atoms with Crippen molar-refractivity contribution in [3.63, 3.8) is 0 Å². The number of rotatable bonds is 8. The topological polar surface area (TPSA) is 99.2 Å². The van der Waals surface area contributed by atoms with Gasteiger partial charge < -0.3 is 25.0 Å². The molecule has 2 N–H and O–H groups in total. The van der Waals surface area contributed by atoms with Gasteiger partial charge in [0.15, 0.2) is 0 Å². The van der Waals surface area contributed by atoms with Crippen LogP contribution < -0.4 is 5.32 Å². The molecule has 8 heteroatoms. The van der Waals surface area contributed by atoms with Gasteiger partial charge in [-0.1, -0.05) is 30.3 Å². The van der Waals surface area contributed by atoms with Crippen LogP contribution in [0, 0.1) is 0 Å². The van der Waals surface area contributed by atoms with Crippen LogP contribution in [-0.4, -0.2) is 72.2 Å². The lowest BCUT2D eigenvalue weighted by Gasteiger charge is -2.24. The molecule has 1 fully saturated rings. The van der Waals surface area contributed by atoms with Crippen LogP contribution in [0.4, 0.5) is 4.79 Å². The summed E-state index contributed by atoms with van der Waals surface area (Å²) in [5.41, 5.74) is 1.02. The summed E-state index contributed by atoms with van der Waals surface area (Å²) < 4.78 is 5.27. The van der Waals surface area contributed by atoms with Crippen LogP contribution in [-0.2, 0) is 20.9 Å². The maximum absolute atomic E-state index is 12.5. The summed E-state index contributed by atoms with van der Waals surface area (Å²) in [6.07, 6.45) is 0.389.